The minimum absolute atomic E-state index is 0.477. The van der Waals surface area contributed by atoms with Crippen molar-refractivity contribution in [1.82, 2.24) is 0 Å². The second-order valence-corrected chi connectivity index (χ2v) is 4.70. The number of rotatable bonds is 4. The van der Waals surface area contributed by atoms with Crippen LogP contribution in [0.4, 0.5) is 0 Å². The van der Waals surface area contributed by atoms with Crippen LogP contribution in [0.1, 0.15) is 31.2 Å². The third-order valence-corrected chi connectivity index (χ3v) is 3.35. The average molecular weight is 230 g/mol. The molecule has 2 rings (SSSR count). The van der Waals surface area contributed by atoms with Crippen molar-refractivity contribution in [2.75, 3.05) is 0 Å². The van der Waals surface area contributed by atoms with Gasteiger partial charge in [-0.15, -0.1) is 0 Å². The van der Waals surface area contributed by atoms with Crippen molar-refractivity contribution in [2.24, 2.45) is 5.92 Å². The number of allylic oxidation sites excluding steroid dienone is 1. The van der Waals surface area contributed by atoms with Crippen molar-refractivity contribution >= 4 is 5.97 Å². The molecular formula is C15H18O2. The summed E-state index contributed by atoms with van der Waals surface area (Å²) < 4.78 is 0. The number of carboxylic acids is 1. The highest BCUT2D eigenvalue weighted by Gasteiger charge is 2.16. The van der Waals surface area contributed by atoms with Crippen molar-refractivity contribution in [3.8, 4) is 0 Å². The zero-order chi connectivity index (χ0) is 12.1. The van der Waals surface area contributed by atoms with Crippen LogP contribution in [0.25, 0.3) is 0 Å². The fraction of sp³-hybridized carbons (Fsp3) is 0.400. The van der Waals surface area contributed by atoms with Gasteiger partial charge in [-0.05, 0) is 24.3 Å². The molecule has 0 heterocycles. The van der Waals surface area contributed by atoms with Gasteiger partial charge >= 0.3 is 5.97 Å². The molecule has 1 aromatic carbocycles. The predicted octanol–water partition coefficient (Wildman–Crippen LogP) is 3.43. The molecule has 1 aromatic rings. The summed E-state index contributed by atoms with van der Waals surface area (Å²) in [6.07, 6.45) is 7.27. The first-order valence-electron chi connectivity index (χ1n) is 6.23. The average Bonchev–Trinajstić information content (AvgIpc) is 2.82. The maximum Gasteiger partial charge on any atom is 0.331 e. The zero-order valence-corrected chi connectivity index (χ0v) is 9.93. The molecule has 1 aliphatic carbocycles. The highest BCUT2D eigenvalue weighted by Crippen LogP contribution is 2.27. The molecule has 90 valence electrons. The Morgan fingerprint density at radius 1 is 1.24 bits per heavy atom. The standard InChI is InChI=1S/C15H18O2/c16-15(17)14(11-13-8-4-5-9-13)10-12-6-2-1-3-7-12/h1-3,6-7,11,13H,4-5,8-10H2,(H,16,17). The van der Waals surface area contributed by atoms with Crippen LogP contribution in [0, 0.1) is 5.92 Å². The SMILES string of the molecule is O=C(O)C(=CC1CCCC1)Cc1ccccc1. The molecule has 0 saturated heterocycles. The predicted molar refractivity (Wildman–Crippen MR) is 67.8 cm³/mol. The molecule has 17 heavy (non-hydrogen) atoms. The molecule has 1 fully saturated rings. The van der Waals surface area contributed by atoms with Gasteiger partial charge in [0, 0.05) is 12.0 Å². The number of carbonyl (C=O) groups is 1. The Hall–Kier alpha value is -1.57. The summed E-state index contributed by atoms with van der Waals surface area (Å²) in [6, 6.07) is 9.80. The lowest BCUT2D eigenvalue weighted by Crippen LogP contribution is -2.06. The smallest absolute Gasteiger partial charge is 0.331 e. The van der Waals surface area contributed by atoms with E-state index in [1.54, 1.807) is 0 Å². The maximum absolute atomic E-state index is 11.2. The van der Waals surface area contributed by atoms with Gasteiger partial charge in [-0.2, -0.15) is 0 Å². The van der Waals surface area contributed by atoms with Crippen molar-refractivity contribution in [3.63, 3.8) is 0 Å². The first kappa shape index (κ1) is 11.9. The molecule has 2 nitrogen and oxygen atoms in total. The molecule has 1 N–H and O–H groups in total. The largest absolute Gasteiger partial charge is 0.478 e. The molecular weight excluding hydrogens is 212 g/mol. The first-order chi connectivity index (χ1) is 8.25. The van der Waals surface area contributed by atoms with Crippen LogP contribution >= 0.6 is 0 Å². The van der Waals surface area contributed by atoms with Gasteiger partial charge in [0.2, 0.25) is 0 Å². The molecule has 0 aromatic heterocycles. The van der Waals surface area contributed by atoms with Gasteiger partial charge in [0.05, 0.1) is 0 Å². The summed E-state index contributed by atoms with van der Waals surface area (Å²) >= 11 is 0. The molecule has 0 aliphatic heterocycles. The first-order valence-corrected chi connectivity index (χ1v) is 6.23. The minimum atomic E-state index is -0.777. The fourth-order valence-electron chi connectivity index (χ4n) is 2.43. The van der Waals surface area contributed by atoms with Crippen LogP contribution in [0.3, 0.4) is 0 Å². The van der Waals surface area contributed by atoms with E-state index in [1.807, 2.05) is 36.4 Å². The quantitative estimate of drug-likeness (QED) is 0.804. The van der Waals surface area contributed by atoms with E-state index in [0.717, 1.165) is 18.4 Å². The third-order valence-electron chi connectivity index (χ3n) is 3.35. The van der Waals surface area contributed by atoms with Crippen LogP contribution in [0.5, 0.6) is 0 Å². The lowest BCUT2D eigenvalue weighted by atomic mass is 9.99. The second kappa shape index (κ2) is 5.67. The van der Waals surface area contributed by atoms with Crippen LogP contribution in [0.15, 0.2) is 42.0 Å². The lowest BCUT2D eigenvalue weighted by molar-refractivity contribution is -0.132. The maximum atomic E-state index is 11.2. The number of hydrogen-bond donors (Lipinski definition) is 1. The van der Waals surface area contributed by atoms with Gasteiger partial charge in [-0.25, -0.2) is 4.79 Å². The number of aliphatic carboxylic acids is 1. The molecule has 2 heteroatoms. The number of carboxylic acid groups (broad SMARTS) is 1. The van der Waals surface area contributed by atoms with Crippen LogP contribution in [-0.2, 0) is 11.2 Å². The molecule has 1 saturated carbocycles. The van der Waals surface area contributed by atoms with Gasteiger partial charge < -0.3 is 5.11 Å². The van der Waals surface area contributed by atoms with Crippen molar-refractivity contribution < 1.29 is 9.90 Å². The van der Waals surface area contributed by atoms with E-state index in [-0.39, 0.29) is 0 Å². The molecule has 0 unspecified atom stereocenters. The minimum Gasteiger partial charge on any atom is -0.478 e. The summed E-state index contributed by atoms with van der Waals surface area (Å²) in [7, 11) is 0. The van der Waals surface area contributed by atoms with Crippen molar-refractivity contribution in [2.45, 2.75) is 32.1 Å². The normalized spacial score (nSPS) is 17.3. The number of benzene rings is 1. The Labute approximate surface area is 102 Å². The number of hydrogen-bond acceptors (Lipinski definition) is 1. The summed E-state index contributed by atoms with van der Waals surface area (Å²) in [5.41, 5.74) is 1.61. The van der Waals surface area contributed by atoms with Gasteiger partial charge in [-0.1, -0.05) is 49.2 Å². The van der Waals surface area contributed by atoms with Crippen LogP contribution in [-0.4, -0.2) is 11.1 Å². The van der Waals surface area contributed by atoms with Crippen molar-refractivity contribution in [3.05, 3.63) is 47.5 Å². The second-order valence-electron chi connectivity index (χ2n) is 4.70. The Morgan fingerprint density at radius 3 is 2.47 bits per heavy atom. The van der Waals surface area contributed by atoms with Gasteiger partial charge in [0.25, 0.3) is 0 Å². The van der Waals surface area contributed by atoms with Crippen LogP contribution in [0.2, 0.25) is 0 Å². The lowest BCUT2D eigenvalue weighted by Gasteiger charge is -2.07. The van der Waals surface area contributed by atoms with E-state index < -0.39 is 5.97 Å². The zero-order valence-electron chi connectivity index (χ0n) is 9.93. The van der Waals surface area contributed by atoms with Gasteiger partial charge in [0.1, 0.15) is 0 Å². The fourth-order valence-corrected chi connectivity index (χ4v) is 2.43. The third kappa shape index (κ3) is 3.45. The highest BCUT2D eigenvalue weighted by atomic mass is 16.4. The van der Waals surface area contributed by atoms with E-state index in [2.05, 4.69) is 0 Å². The Kier molecular flexibility index (Phi) is 3.97. The van der Waals surface area contributed by atoms with E-state index in [4.69, 9.17) is 0 Å². The summed E-state index contributed by atoms with van der Waals surface area (Å²) in [5.74, 6) is -0.300. The summed E-state index contributed by atoms with van der Waals surface area (Å²) in [4.78, 5) is 11.2. The monoisotopic (exact) mass is 230 g/mol. The Morgan fingerprint density at radius 2 is 1.88 bits per heavy atom. The molecule has 1 aliphatic rings. The van der Waals surface area contributed by atoms with E-state index in [1.165, 1.54) is 12.8 Å². The molecule has 0 bridgehead atoms. The molecule has 0 radical (unpaired) electrons. The van der Waals surface area contributed by atoms with E-state index >= 15 is 0 Å². The van der Waals surface area contributed by atoms with Gasteiger partial charge in [0.15, 0.2) is 0 Å². The topological polar surface area (TPSA) is 37.3 Å². The molecule has 0 amide bonds. The van der Waals surface area contributed by atoms with Crippen molar-refractivity contribution in [1.29, 1.82) is 0 Å². The van der Waals surface area contributed by atoms with Gasteiger partial charge in [-0.3, -0.25) is 0 Å². The summed E-state index contributed by atoms with van der Waals surface area (Å²) in [5, 5.41) is 9.23. The Bertz CT molecular complexity index is 400. The molecule has 0 spiro atoms. The highest BCUT2D eigenvalue weighted by molar-refractivity contribution is 5.87. The van der Waals surface area contributed by atoms with E-state index in [9.17, 15) is 9.90 Å². The van der Waals surface area contributed by atoms with E-state index in [0.29, 0.717) is 17.9 Å². The molecule has 0 atom stereocenters. The van der Waals surface area contributed by atoms with Crippen LogP contribution < -0.4 is 0 Å². The Balaban J connectivity index is 2.09. The summed E-state index contributed by atoms with van der Waals surface area (Å²) in [6.45, 7) is 0.